The molecule has 4 aromatic rings. The number of benzene rings is 4. The summed E-state index contributed by atoms with van der Waals surface area (Å²) in [6, 6.07) is 27.1. The molecule has 0 aliphatic heterocycles. The van der Waals surface area contributed by atoms with Crippen molar-refractivity contribution in [2.24, 2.45) is 0 Å². The third-order valence-corrected chi connectivity index (χ3v) is 11.0. The Labute approximate surface area is 296 Å². The minimum absolute atomic E-state index is 0.00119. The summed E-state index contributed by atoms with van der Waals surface area (Å²) >= 11 is 9.91. The highest BCUT2D eigenvalue weighted by atomic mass is 79.9. The SMILES string of the molecule is COc1ccc(Cl)cc1N(CC(=O)N(Cc1cccc(Br)c1)C(Cc1ccccc1)C(=O)NC1CCCC1)S(=O)(=O)c1ccc(C)cc1. The Kier molecular flexibility index (Phi) is 11.8. The van der Waals surface area contributed by atoms with E-state index in [1.165, 1.54) is 30.2 Å². The molecule has 0 saturated heterocycles. The first-order valence-corrected chi connectivity index (χ1v) is 18.5. The molecule has 5 rings (SSSR count). The first-order valence-electron chi connectivity index (χ1n) is 15.9. The van der Waals surface area contributed by atoms with Gasteiger partial charge in [-0.1, -0.05) is 101 Å². The zero-order valence-corrected chi connectivity index (χ0v) is 30.1. The second-order valence-corrected chi connectivity index (χ2v) is 15.2. The predicted octanol–water partition coefficient (Wildman–Crippen LogP) is 7.31. The normalized spacial score (nSPS) is 13.9. The molecule has 1 aliphatic carbocycles. The molecule has 1 fully saturated rings. The Hall–Kier alpha value is -3.86. The summed E-state index contributed by atoms with van der Waals surface area (Å²) in [5.74, 6) is -0.612. The highest BCUT2D eigenvalue weighted by Gasteiger charge is 2.36. The van der Waals surface area contributed by atoms with Crippen molar-refractivity contribution in [1.29, 1.82) is 0 Å². The lowest BCUT2D eigenvalue weighted by Gasteiger charge is -2.34. The topological polar surface area (TPSA) is 96.0 Å². The fraction of sp³-hybridized carbons (Fsp3) is 0.297. The lowest BCUT2D eigenvalue weighted by molar-refractivity contribution is -0.140. The van der Waals surface area contributed by atoms with E-state index in [4.69, 9.17) is 16.3 Å². The molecule has 11 heteroatoms. The molecule has 0 spiro atoms. The first-order chi connectivity index (χ1) is 23.0. The minimum Gasteiger partial charge on any atom is -0.495 e. The molecular formula is C37H39BrClN3O5S. The molecule has 1 atom stereocenters. The van der Waals surface area contributed by atoms with E-state index in [-0.39, 0.29) is 46.3 Å². The van der Waals surface area contributed by atoms with Crippen molar-refractivity contribution in [1.82, 2.24) is 10.2 Å². The van der Waals surface area contributed by atoms with Crippen LogP contribution in [0.25, 0.3) is 0 Å². The largest absolute Gasteiger partial charge is 0.495 e. The van der Waals surface area contributed by atoms with Crippen LogP contribution in [0.5, 0.6) is 5.75 Å². The van der Waals surface area contributed by atoms with Crippen LogP contribution in [-0.2, 0) is 32.6 Å². The van der Waals surface area contributed by atoms with Gasteiger partial charge in [-0.2, -0.15) is 0 Å². The molecule has 1 saturated carbocycles. The second-order valence-electron chi connectivity index (χ2n) is 12.0. The number of carbonyl (C=O) groups excluding carboxylic acids is 2. The summed E-state index contributed by atoms with van der Waals surface area (Å²) in [6.07, 6.45) is 4.05. The van der Waals surface area contributed by atoms with E-state index in [1.54, 1.807) is 24.3 Å². The van der Waals surface area contributed by atoms with E-state index in [0.717, 1.165) is 51.2 Å². The van der Waals surface area contributed by atoms with Gasteiger partial charge in [-0.05, 0) is 73.4 Å². The number of sulfonamides is 1. The molecule has 0 radical (unpaired) electrons. The van der Waals surface area contributed by atoms with Crippen molar-refractivity contribution in [2.45, 2.75) is 62.6 Å². The van der Waals surface area contributed by atoms with Crippen molar-refractivity contribution in [2.75, 3.05) is 18.0 Å². The Balaban J connectivity index is 1.60. The van der Waals surface area contributed by atoms with Crippen LogP contribution in [0.3, 0.4) is 0 Å². The number of rotatable bonds is 13. The van der Waals surface area contributed by atoms with E-state index >= 15 is 0 Å². The zero-order chi connectivity index (χ0) is 34.3. The number of hydrogen-bond donors (Lipinski definition) is 1. The van der Waals surface area contributed by atoms with Crippen LogP contribution < -0.4 is 14.4 Å². The predicted molar refractivity (Wildman–Crippen MR) is 193 cm³/mol. The van der Waals surface area contributed by atoms with Crippen LogP contribution in [0.1, 0.15) is 42.4 Å². The Morgan fingerprint density at radius 1 is 0.938 bits per heavy atom. The maximum Gasteiger partial charge on any atom is 0.264 e. The maximum absolute atomic E-state index is 14.8. The molecule has 4 aromatic carbocycles. The summed E-state index contributed by atoms with van der Waals surface area (Å²) in [7, 11) is -2.89. The van der Waals surface area contributed by atoms with Crippen LogP contribution in [0.2, 0.25) is 5.02 Å². The van der Waals surface area contributed by atoms with E-state index in [1.807, 2.05) is 61.5 Å². The van der Waals surface area contributed by atoms with Crippen molar-refractivity contribution >= 4 is 55.1 Å². The standard InChI is InChI=1S/C37H39BrClN3O5S/c1-26-15-18-32(19-16-26)48(45,46)42(33-23-30(39)17-20-35(33)47-2)25-36(43)41(24-28-11-8-12-29(38)21-28)34(22-27-9-4-3-5-10-27)37(44)40-31-13-6-7-14-31/h3-5,8-12,15-21,23,31,34H,6-7,13-14,22,24-25H2,1-2H3,(H,40,44). The smallest absolute Gasteiger partial charge is 0.264 e. The summed E-state index contributed by atoms with van der Waals surface area (Å²) in [5, 5.41) is 3.46. The number of ether oxygens (including phenoxy) is 1. The third-order valence-electron chi connectivity index (χ3n) is 8.51. The maximum atomic E-state index is 14.8. The van der Waals surface area contributed by atoms with Crippen LogP contribution in [0.4, 0.5) is 5.69 Å². The highest BCUT2D eigenvalue weighted by molar-refractivity contribution is 9.10. The number of amides is 2. The van der Waals surface area contributed by atoms with Crippen molar-refractivity contribution in [3.05, 3.63) is 123 Å². The molecule has 1 N–H and O–H groups in total. The van der Waals surface area contributed by atoms with Gasteiger partial charge in [-0.15, -0.1) is 0 Å². The van der Waals surface area contributed by atoms with Crippen LogP contribution >= 0.6 is 27.5 Å². The monoisotopic (exact) mass is 751 g/mol. The lowest BCUT2D eigenvalue weighted by atomic mass is 10.0. The first kappa shape index (κ1) is 35.4. The fourth-order valence-electron chi connectivity index (χ4n) is 5.96. The van der Waals surface area contributed by atoms with Gasteiger partial charge in [-0.25, -0.2) is 8.42 Å². The van der Waals surface area contributed by atoms with E-state index in [9.17, 15) is 18.0 Å². The number of carbonyl (C=O) groups is 2. The van der Waals surface area contributed by atoms with Crippen molar-refractivity contribution in [3.8, 4) is 5.75 Å². The molecule has 0 bridgehead atoms. The molecule has 0 heterocycles. The van der Waals surface area contributed by atoms with Crippen LogP contribution in [-0.4, -0.2) is 50.9 Å². The fourth-order valence-corrected chi connectivity index (χ4v) is 7.99. The van der Waals surface area contributed by atoms with Crippen LogP contribution in [0.15, 0.2) is 106 Å². The van der Waals surface area contributed by atoms with Gasteiger partial charge in [0.1, 0.15) is 18.3 Å². The van der Waals surface area contributed by atoms with E-state index in [2.05, 4.69) is 21.2 Å². The number of methoxy groups -OCH3 is 1. The van der Waals surface area contributed by atoms with Crippen molar-refractivity contribution in [3.63, 3.8) is 0 Å². The minimum atomic E-state index is -4.31. The lowest BCUT2D eigenvalue weighted by Crippen LogP contribution is -2.54. The average Bonchev–Trinajstić information content (AvgIpc) is 3.58. The number of anilines is 1. The Bertz CT molecular complexity index is 1830. The number of halogens is 2. The van der Waals surface area contributed by atoms with Gasteiger partial charge in [0.05, 0.1) is 17.7 Å². The average molecular weight is 753 g/mol. The Morgan fingerprint density at radius 3 is 2.29 bits per heavy atom. The summed E-state index contributed by atoms with van der Waals surface area (Å²) in [4.78, 5) is 30.4. The van der Waals surface area contributed by atoms with Crippen LogP contribution in [0, 0.1) is 6.92 Å². The molecule has 8 nitrogen and oxygen atoms in total. The summed E-state index contributed by atoms with van der Waals surface area (Å²) in [6.45, 7) is 1.32. The van der Waals surface area contributed by atoms with E-state index in [0.29, 0.717) is 0 Å². The molecule has 1 unspecified atom stereocenters. The molecule has 0 aromatic heterocycles. The summed E-state index contributed by atoms with van der Waals surface area (Å²) < 4.78 is 36.2. The number of nitrogens with zero attached hydrogens (tertiary/aromatic N) is 2. The molecule has 1 aliphatic rings. The van der Waals surface area contributed by atoms with Gasteiger partial charge in [0.25, 0.3) is 10.0 Å². The zero-order valence-electron chi connectivity index (χ0n) is 26.9. The van der Waals surface area contributed by atoms with Gasteiger partial charge in [0.15, 0.2) is 0 Å². The van der Waals surface area contributed by atoms with Gasteiger partial charge < -0.3 is 15.0 Å². The van der Waals surface area contributed by atoms with Gasteiger partial charge in [0, 0.05) is 28.5 Å². The molecule has 252 valence electrons. The summed E-state index contributed by atoms with van der Waals surface area (Å²) in [5.41, 5.74) is 2.64. The number of hydrogen-bond acceptors (Lipinski definition) is 5. The van der Waals surface area contributed by atoms with Gasteiger partial charge >= 0.3 is 0 Å². The molecule has 2 amide bonds. The molecular weight excluding hydrogens is 714 g/mol. The Morgan fingerprint density at radius 2 is 1.62 bits per heavy atom. The molecule has 48 heavy (non-hydrogen) atoms. The van der Waals surface area contributed by atoms with Gasteiger partial charge in [-0.3, -0.25) is 13.9 Å². The van der Waals surface area contributed by atoms with Crippen molar-refractivity contribution < 1.29 is 22.7 Å². The second kappa shape index (κ2) is 16.0. The quantitative estimate of drug-likeness (QED) is 0.155. The van der Waals surface area contributed by atoms with Gasteiger partial charge in [0.2, 0.25) is 11.8 Å². The van der Waals surface area contributed by atoms with E-state index < -0.39 is 28.5 Å². The number of aryl methyl sites for hydroxylation is 1. The highest BCUT2D eigenvalue weighted by Crippen LogP contribution is 2.35. The third kappa shape index (κ3) is 8.78. The number of nitrogens with one attached hydrogen (secondary N) is 1.